The molecule has 0 atom stereocenters. The van der Waals surface area contributed by atoms with Crippen molar-refractivity contribution in [2.75, 3.05) is 7.05 Å². The first-order valence-corrected chi connectivity index (χ1v) is 6.94. The molecule has 21 heavy (non-hydrogen) atoms. The number of fused-ring (bicyclic) bond motifs is 1. The molecule has 0 aliphatic rings. The zero-order chi connectivity index (χ0) is 14.8. The summed E-state index contributed by atoms with van der Waals surface area (Å²) in [6.45, 7) is 0.539. The number of nitrogens with one attached hydrogen (secondary N) is 1. The van der Waals surface area contributed by atoms with Crippen molar-refractivity contribution in [2.45, 2.75) is 6.54 Å². The Morgan fingerprint density at radius 1 is 1.24 bits per heavy atom. The lowest BCUT2D eigenvalue weighted by Gasteiger charge is -2.17. The molecule has 0 saturated heterocycles. The third-order valence-corrected chi connectivity index (χ3v) is 3.60. The first-order chi connectivity index (χ1) is 10.1. The number of rotatable bonds is 3. The average molecular weight is 300 g/mol. The molecular weight excluding hydrogens is 286 g/mol. The number of H-pyrrole nitrogens is 1. The fraction of sp³-hybridized carbons (Fsp3) is 0.125. The lowest BCUT2D eigenvalue weighted by Crippen LogP contribution is -2.26. The number of amides is 1. The van der Waals surface area contributed by atoms with Crippen molar-refractivity contribution < 1.29 is 4.79 Å². The van der Waals surface area contributed by atoms with Crippen LogP contribution in [-0.4, -0.2) is 27.8 Å². The van der Waals surface area contributed by atoms with Gasteiger partial charge in [0.15, 0.2) is 0 Å². The highest BCUT2D eigenvalue weighted by Crippen LogP contribution is 2.15. The molecule has 0 unspecified atom stereocenters. The Hall–Kier alpha value is -2.33. The number of carbonyl (C=O) groups excluding carboxylic acids is 1. The Labute approximate surface area is 127 Å². The summed E-state index contributed by atoms with van der Waals surface area (Å²) in [7, 11) is 1.79. The highest BCUT2D eigenvalue weighted by molar-refractivity contribution is 6.30. The van der Waals surface area contributed by atoms with Crippen LogP contribution in [0.3, 0.4) is 0 Å². The van der Waals surface area contributed by atoms with E-state index in [4.69, 9.17) is 11.6 Å². The van der Waals surface area contributed by atoms with Gasteiger partial charge in [-0.25, -0.2) is 4.98 Å². The van der Waals surface area contributed by atoms with E-state index in [1.165, 1.54) is 0 Å². The van der Waals surface area contributed by atoms with Crippen LogP contribution in [0.5, 0.6) is 0 Å². The summed E-state index contributed by atoms with van der Waals surface area (Å²) in [5, 5.41) is 0.692. The first-order valence-electron chi connectivity index (χ1n) is 6.56. The van der Waals surface area contributed by atoms with Crippen LogP contribution in [0, 0.1) is 0 Å². The van der Waals surface area contributed by atoms with Crippen molar-refractivity contribution in [2.24, 2.45) is 0 Å². The fourth-order valence-corrected chi connectivity index (χ4v) is 2.35. The smallest absolute Gasteiger partial charge is 0.253 e. The molecule has 0 aliphatic heterocycles. The minimum Gasteiger partial charge on any atom is -0.345 e. The molecule has 2 aromatic carbocycles. The fourth-order valence-electron chi connectivity index (χ4n) is 2.22. The minimum atomic E-state index is -0.0264. The van der Waals surface area contributed by atoms with Gasteiger partial charge in [0.25, 0.3) is 5.91 Å². The van der Waals surface area contributed by atoms with Crippen LogP contribution in [0.2, 0.25) is 5.02 Å². The maximum atomic E-state index is 12.4. The standard InChI is InChI=1S/C16H14ClN3O/c1-20(9-11-2-5-13(17)6-3-11)16(21)12-4-7-14-15(8-12)19-10-18-14/h2-8,10H,9H2,1H3,(H,18,19). The minimum absolute atomic E-state index is 0.0264. The van der Waals surface area contributed by atoms with Crippen molar-refractivity contribution in [3.8, 4) is 0 Å². The Morgan fingerprint density at radius 2 is 2.00 bits per heavy atom. The van der Waals surface area contributed by atoms with Gasteiger partial charge in [0.1, 0.15) is 0 Å². The predicted octanol–water partition coefficient (Wildman–Crippen LogP) is 3.49. The third kappa shape index (κ3) is 2.90. The normalized spacial score (nSPS) is 10.8. The van der Waals surface area contributed by atoms with E-state index in [2.05, 4.69) is 9.97 Å². The summed E-state index contributed by atoms with van der Waals surface area (Å²) in [5.41, 5.74) is 3.40. The molecule has 3 aromatic rings. The van der Waals surface area contributed by atoms with Gasteiger partial charge >= 0.3 is 0 Å². The highest BCUT2D eigenvalue weighted by Gasteiger charge is 2.13. The number of carbonyl (C=O) groups is 1. The number of aromatic nitrogens is 2. The van der Waals surface area contributed by atoms with Crippen molar-refractivity contribution in [1.82, 2.24) is 14.9 Å². The molecule has 0 saturated carbocycles. The molecule has 1 aromatic heterocycles. The summed E-state index contributed by atoms with van der Waals surface area (Å²) >= 11 is 5.86. The third-order valence-electron chi connectivity index (χ3n) is 3.35. The van der Waals surface area contributed by atoms with Crippen LogP contribution in [0.4, 0.5) is 0 Å². The van der Waals surface area contributed by atoms with E-state index in [0.29, 0.717) is 17.1 Å². The number of benzene rings is 2. The van der Waals surface area contributed by atoms with Crippen LogP contribution in [0.25, 0.3) is 11.0 Å². The summed E-state index contributed by atoms with van der Waals surface area (Å²) in [5.74, 6) is -0.0264. The van der Waals surface area contributed by atoms with Gasteiger partial charge in [-0.1, -0.05) is 23.7 Å². The van der Waals surface area contributed by atoms with E-state index in [0.717, 1.165) is 16.6 Å². The molecule has 0 radical (unpaired) electrons. The second-order valence-electron chi connectivity index (χ2n) is 4.92. The topological polar surface area (TPSA) is 49.0 Å². The van der Waals surface area contributed by atoms with Crippen LogP contribution >= 0.6 is 11.6 Å². The number of hydrogen-bond acceptors (Lipinski definition) is 2. The van der Waals surface area contributed by atoms with Gasteiger partial charge in [-0.15, -0.1) is 0 Å². The molecule has 1 amide bonds. The maximum Gasteiger partial charge on any atom is 0.253 e. The molecule has 3 rings (SSSR count). The molecule has 106 valence electrons. The molecular formula is C16H14ClN3O. The largest absolute Gasteiger partial charge is 0.345 e. The van der Waals surface area contributed by atoms with Crippen molar-refractivity contribution >= 4 is 28.5 Å². The van der Waals surface area contributed by atoms with E-state index in [1.54, 1.807) is 24.3 Å². The summed E-state index contributed by atoms with van der Waals surface area (Å²) < 4.78 is 0. The molecule has 1 heterocycles. The quantitative estimate of drug-likeness (QED) is 0.805. The second-order valence-corrected chi connectivity index (χ2v) is 5.36. The number of aromatic amines is 1. The maximum absolute atomic E-state index is 12.4. The Bertz CT molecular complexity index is 780. The van der Waals surface area contributed by atoms with Crippen LogP contribution in [0.15, 0.2) is 48.8 Å². The van der Waals surface area contributed by atoms with Gasteiger partial charge in [-0.2, -0.15) is 0 Å². The molecule has 0 bridgehead atoms. The monoisotopic (exact) mass is 299 g/mol. The Morgan fingerprint density at radius 3 is 2.76 bits per heavy atom. The van der Waals surface area contributed by atoms with Crippen molar-refractivity contribution in [3.05, 3.63) is 64.9 Å². The van der Waals surface area contributed by atoms with Crippen molar-refractivity contribution in [1.29, 1.82) is 0 Å². The van der Waals surface area contributed by atoms with E-state index in [1.807, 2.05) is 36.4 Å². The van der Waals surface area contributed by atoms with E-state index in [-0.39, 0.29) is 5.91 Å². The highest BCUT2D eigenvalue weighted by atomic mass is 35.5. The summed E-state index contributed by atoms with van der Waals surface area (Å²) in [6.07, 6.45) is 1.62. The Balaban J connectivity index is 1.78. The average Bonchev–Trinajstić information content (AvgIpc) is 2.96. The van der Waals surface area contributed by atoms with Gasteiger partial charge in [0.2, 0.25) is 0 Å². The second kappa shape index (κ2) is 5.58. The molecule has 5 heteroatoms. The van der Waals surface area contributed by atoms with Gasteiger partial charge in [-0.3, -0.25) is 4.79 Å². The molecule has 1 N–H and O–H groups in total. The Kier molecular flexibility index (Phi) is 3.62. The molecule has 4 nitrogen and oxygen atoms in total. The van der Waals surface area contributed by atoms with Gasteiger partial charge in [-0.05, 0) is 35.9 Å². The molecule has 0 aliphatic carbocycles. The summed E-state index contributed by atoms with van der Waals surface area (Å²) in [6, 6.07) is 13.0. The van der Waals surface area contributed by atoms with Gasteiger partial charge in [0, 0.05) is 24.2 Å². The van der Waals surface area contributed by atoms with E-state index < -0.39 is 0 Å². The molecule has 0 fully saturated rings. The van der Waals surface area contributed by atoms with Crippen LogP contribution in [-0.2, 0) is 6.54 Å². The number of halogens is 1. The van der Waals surface area contributed by atoms with Crippen LogP contribution in [0.1, 0.15) is 15.9 Å². The lowest BCUT2D eigenvalue weighted by atomic mass is 10.1. The number of nitrogens with zero attached hydrogens (tertiary/aromatic N) is 2. The van der Waals surface area contributed by atoms with Gasteiger partial charge in [0.05, 0.1) is 17.4 Å². The zero-order valence-electron chi connectivity index (χ0n) is 11.5. The lowest BCUT2D eigenvalue weighted by molar-refractivity contribution is 0.0785. The predicted molar refractivity (Wildman–Crippen MR) is 83.3 cm³/mol. The zero-order valence-corrected chi connectivity index (χ0v) is 12.3. The van der Waals surface area contributed by atoms with E-state index >= 15 is 0 Å². The summed E-state index contributed by atoms with van der Waals surface area (Å²) in [4.78, 5) is 21.3. The van der Waals surface area contributed by atoms with Crippen molar-refractivity contribution in [3.63, 3.8) is 0 Å². The number of hydrogen-bond donors (Lipinski definition) is 1. The molecule has 0 spiro atoms. The van der Waals surface area contributed by atoms with Gasteiger partial charge < -0.3 is 9.88 Å². The van der Waals surface area contributed by atoms with Crippen LogP contribution < -0.4 is 0 Å². The number of imidazole rings is 1. The van der Waals surface area contributed by atoms with E-state index in [9.17, 15) is 4.79 Å². The first kappa shape index (κ1) is 13.6. The SMILES string of the molecule is CN(Cc1ccc(Cl)cc1)C(=O)c1ccc2nc[nH]c2c1.